The molecule has 3 rings (SSSR count). The van der Waals surface area contributed by atoms with Gasteiger partial charge in [0.25, 0.3) is 0 Å². The van der Waals surface area contributed by atoms with Crippen LogP contribution in [0.1, 0.15) is 12.0 Å². The van der Waals surface area contributed by atoms with E-state index in [1.54, 1.807) is 12.2 Å². The van der Waals surface area contributed by atoms with Crippen LogP contribution in [0, 0.1) is 17.8 Å². The van der Waals surface area contributed by atoms with Crippen molar-refractivity contribution in [2.75, 3.05) is 0 Å². The van der Waals surface area contributed by atoms with Gasteiger partial charge in [-0.1, -0.05) is 36.4 Å². The highest BCUT2D eigenvalue weighted by molar-refractivity contribution is 5.89. The number of amides is 2. The third kappa shape index (κ3) is 2.73. The lowest BCUT2D eigenvalue weighted by atomic mass is 9.80. The van der Waals surface area contributed by atoms with Gasteiger partial charge in [-0.2, -0.15) is 0 Å². The number of rotatable bonds is 5. The Balaban J connectivity index is 1.71. The number of allylic oxidation sites excluding steroid dienone is 1. The van der Waals surface area contributed by atoms with Gasteiger partial charge in [-0.15, -0.1) is 0 Å². The van der Waals surface area contributed by atoms with Crippen molar-refractivity contribution in [1.82, 2.24) is 0 Å². The van der Waals surface area contributed by atoms with Crippen LogP contribution in [0.4, 0.5) is 4.79 Å². The molecule has 7 nitrogen and oxygen atoms in total. The molecule has 7 heteroatoms. The minimum absolute atomic E-state index is 0.0450. The molecule has 126 valence electrons. The smallest absolute Gasteiger partial charge is 0.429 e. The van der Waals surface area contributed by atoms with E-state index in [2.05, 4.69) is 0 Å². The Morgan fingerprint density at radius 1 is 1.12 bits per heavy atom. The highest BCUT2D eigenvalue weighted by Crippen LogP contribution is 2.52. The molecule has 1 aromatic rings. The average molecular weight is 330 g/mol. The van der Waals surface area contributed by atoms with Crippen LogP contribution in [0.25, 0.3) is 0 Å². The lowest BCUT2D eigenvalue weighted by Crippen LogP contribution is -2.49. The average Bonchev–Trinajstić information content (AvgIpc) is 3.09. The largest absolute Gasteiger partial charge is 0.509 e. The zero-order chi connectivity index (χ0) is 17.3. The molecule has 0 spiro atoms. The molecular formula is C17H18N2O5. The first-order chi connectivity index (χ1) is 11.4. The fourth-order valence-electron chi connectivity index (χ4n) is 3.65. The van der Waals surface area contributed by atoms with E-state index in [0.29, 0.717) is 6.42 Å². The first kappa shape index (κ1) is 16.0. The van der Waals surface area contributed by atoms with Crippen LogP contribution >= 0.6 is 0 Å². The SMILES string of the molecule is NC(=O)C1C2C=CC(OC(=O)OCc3ccccc3)(C2)C1C(N)=O. The molecule has 2 aliphatic rings. The van der Waals surface area contributed by atoms with Gasteiger partial charge in [-0.05, 0) is 24.0 Å². The fourth-order valence-corrected chi connectivity index (χ4v) is 3.65. The van der Waals surface area contributed by atoms with Crippen LogP contribution in [0.15, 0.2) is 42.5 Å². The molecule has 1 fully saturated rings. The molecule has 2 amide bonds. The van der Waals surface area contributed by atoms with Gasteiger partial charge in [0.1, 0.15) is 12.2 Å². The second-order valence-corrected chi connectivity index (χ2v) is 6.12. The number of primary amides is 2. The molecule has 0 radical (unpaired) electrons. The summed E-state index contributed by atoms with van der Waals surface area (Å²) in [5, 5.41) is 0. The molecule has 0 saturated heterocycles. The highest BCUT2D eigenvalue weighted by atomic mass is 16.7. The first-order valence-electron chi connectivity index (χ1n) is 7.60. The minimum atomic E-state index is -1.26. The van der Waals surface area contributed by atoms with Crippen molar-refractivity contribution < 1.29 is 23.9 Å². The zero-order valence-corrected chi connectivity index (χ0v) is 12.9. The van der Waals surface area contributed by atoms with E-state index < -0.39 is 35.4 Å². The maximum atomic E-state index is 12.1. The van der Waals surface area contributed by atoms with Gasteiger partial charge >= 0.3 is 6.16 Å². The molecule has 0 aromatic heterocycles. The molecular weight excluding hydrogens is 312 g/mol. The number of nitrogens with two attached hydrogens (primary N) is 2. The quantitative estimate of drug-likeness (QED) is 0.613. The number of carbonyl (C=O) groups is 3. The second kappa shape index (κ2) is 5.99. The summed E-state index contributed by atoms with van der Waals surface area (Å²) in [7, 11) is 0. The van der Waals surface area contributed by atoms with Gasteiger partial charge in [0.2, 0.25) is 11.8 Å². The van der Waals surface area contributed by atoms with Crippen molar-refractivity contribution in [3.8, 4) is 0 Å². The van der Waals surface area contributed by atoms with Crippen LogP contribution in [0.3, 0.4) is 0 Å². The topological polar surface area (TPSA) is 122 Å². The lowest BCUT2D eigenvalue weighted by molar-refractivity contribution is -0.137. The summed E-state index contributed by atoms with van der Waals surface area (Å²) in [6.07, 6.45) is 2.73. The predicted molar refractivity (Wildman–Crippen MR) is 83.1 cm³/mol. The molecule has 4 N–H and O–H groups in total. The molecule has 4 unspecified atom stereocenters. The van der Waals surface area contributed by atoms with Gasteiger partial charge < -0.3 is 20.9 Å². The Morgan fingerprint density at radius 2 is 1.83 bits per heavy atom. The second-order valence-electron chi connectivity index (χ2n) is 6.12. The summed E-state index contributed by atoms with van der Waals surface area (Å²) >= 11 is 0. The number of benzene rings is 1. The van der Waals surface area contributed by atoms with Crippen LogP contribution in [0.2, 0.25) is 0 Å². The molecule has 24 heavy (non-hydrogen) atoms. The standard InChI is InChI=1S/C17H18N2O5/c18-14(20)12-11-6-7-17(8-11,13(12)15(19)21)24-16(22)23-9-10-4-2-1-3-5-10/h1-7,11-13H,8-9H2,(H2,18,20)(H2,19,21). The van der Waals surface area contributed by atoms with Crippen LogP contribution in [-0.4, -0.2) is 23.6 Å². The maximum Gasteiger partial charge on any atom is 0.509 e. The molecule has 2 bridgehead atoms. The summed E-state index contributed by atoms with van der Waals surface area (Å²) in [6.45, 7) is 0.0450. The molecule has 4 atom stereocenters. The van der Waals surface area contributed by atoms with E-state index in [4.69, 9.17) is 20.9 Å². The molecule has 1 aromatic carbocycles. The molecule has 0 heterocycles. The monoisotopic (exact) mass is 330 g/mol. The predicted octanol–water partition coefficient (Wildman–Crippen LogP) is 0.871. The lowest BCUT2D eigenvalue weighted by Gasteiger charge is -2.32. The zero-order valence-electron chi connectivity index (χ0n) is 12.9. The van der Waals surface area contributed by atoms with E-state index in [1.807, 2.05) is 30.3 Å². The van der Waals surface area contributed by atoms with Crippen molar-refractivity contribution >= 4 is 18.0 Å². The molecule has 1 saturated carbocycles. The van der Waals surface area contributed by atoms with Gasteiger partial charge in [-0.3, -0.25) is 9.59 Å². The minimum Gasteiger partial charge on any atom is -0.429 e. The molecule has 0 aliphatic heterocycles. The third-order valence-electron chi connectivity index (χ3n) is 4.64. The number of fused-ring (bicyclic) bond motifs is 2. The Bertz CT molecular complexity index is 702. The van der Waals surface area contributed by atoms with E-state index >= 15 is 0 Å². The van der Waals surface area contributed by atoms with Gasteiger partial charge in [0, 0.05) is 0 Å². The third-order valence-corrected chi connectivity index (χ3v) is 4.64. The Morgan fingerprint density at radius 3 is 2.46 bits per heavy atom. The Kier molecular flexibility index (Phi) is 4.01. The van der Waals surface area contributed by atoms with Crippen molar-refractivity contribution in [2.24, 2.45) is 29.2 Å². The van der Waals surface area contributed by atoms with Crippen molar-refractivity contribution in [3.63, 3.8) is 0 Å². The normalized spacial score (nSPS) is 30.1. The molecule has 2 aliphatic carbocycles. The van der Waals surface area contributed by atoms with E-state index in [9.17, 15) is 14.4 Å². The summed E-state index contributed by atoms with van der Waals surface area (Å²) in [4.78, 5) is 35.5. The number of ether oxygens (including phenoxy) is 2. The Labute approximate surface area is 138 Å². The fraction of sp³-hybridized carbons (Fsp3) is 0.353. The summed E-state index contributed by atoms with van der Waals surface area (Å²) in [6, 6.07) is 9.11. The van der Waals surface area contributed by atoms with Crippen LogP contribution < -0.4 is 11.5 Å². The van der Waals surface area contributed by atoms with E-state index in [1.165, 1.54) is 0 Å². The van der Waals surface area contributed by atoms with Crippen LogP contribution in [0.5, 0.6) is 0 Å². The maximum absolute atomic E-state index is 12.1. The van der Waals surface area contributed by atoms with Crippen LogP contribution in [-0.2, 0) is 25.7 Å². The summed E-state index contributed by atoms with van der Waals surface area (Å²) in [5.74, 6) is -3.36. The van der Waals surface area contributed by atoms with Crippen molar-refractivity contribution in [3.05, 3.63) is 48.0 Å². The number of hydrogen-bond acceptors (Lipinski definition) is 5. The first-order valence-corrected chi connectivity index (χ1v) is 7.60. The van der Waals surface area contributed by atoms with Gasteiger partial charge in [-0.25, -0.2) is 4.79 Å². The summed E-state index contributed by atoms with van der Waals surface area (Å²) in [5.41, 5.74) is 10.4. The van der Waals surface area contributed by atoms with Gasteiger partial charge in [0.05, 0.1) is 11.8 Å². The number of hydrogen-bond donors (Lipinski definition) is 2. The van der Waals surface area contributed by atoms with Crippen molar-refractivity contribution in [1.29, 1.82) is 0 Å². The van der Waals surface area contributed by atoms with Gasteiger partial charge in [0.15, 0.2) is 0 Å². The number of carbonyl (C=O) groups excluding carboxylic acids is 3. The van der Waals surface area contributed by atoms with E-state index in [-0.39, 0.29) is 12.5 Å². The van der Waals surface area contributed by atoms with Crippen molar-refractivity contribution in [2.45, 2.75) is 18.6 Å². The summed E-state index contributed by atoms with van der Waals surface area (Å²) < 4.78 is 10.5. The van der Waals surface area contributed by atoms with E-state index in [0.717, 1.165) is 5.56 Å². The Hall–Kier alpha value is -2.83. The highest BCUT2D eigenvalue weighted by Gasteiger charge is 2.62.